The van der Waals surface area contributed by atoms with Gasteiger partial charge in [0.25, 0.3) is 0 Å². The Bertz CT molecular complexity index is 1240. The van der Waals surface area contributed by atoms with Crippen LogP contribution in [-0.4, -0.2) is 17.9 Å². The first-order valence-electron chi connectivity index (χ1n) is 9.90. The molecule has 0 bridgehead atoms. The van der Waals surface area contributed by atoms with E-state index in [1.807, 2.05) is 48.5 Å². The predicted molar refractivity (Wildman–Crippen MR) is 123 cm³/mol. The van der Waals surface area contributed by atoms with Gasteiger partial charge in [0.1, 0.15) is 11.5 Å². The van der Waals surface area contributed by atoms with Crippen molar-refractivity contribution < 1.29 is 19.4 Å². The second kappa shape index (κ2) is 9.50. The van der Waals surface area contributed by atoms with Gasteiger partial charge in [-0.25, -0.2) is 9.64 Å². The molecule has 1 N–H and O–H groups in total. The van der Waals surface area contributed by atoms with Gasteiger partial charge in [-0.05, 0) is 58.7 Å². The molecule has 5 heteroatoms. The summed E-state index contributed by atoms with van der Waals surface area (Å²) < 4.78 is 10.7. The summed E-state index contributed by atoms with van der Waals surface area (Å²) >= 11 is 0. The Hall–Kier alpha value is -4.56. The van der Waals surface area contributed by atoms with Crippen LogP contribution in [0.5, 0.6) is 11.5 Å². The first kappa shape index (κ1) is 20.7. The number of benzene rings is 4. The summed E-state index contributed by atoms with van der Waals surface area (Å²) in [5.74, 6) is 0.319. The van der Waals surface area contributed by atoms with Crippen molar-refractivity contribution in [3.63, 3.8) is 0 Å². The van der Waals surface area contributed by atoms with Crippen molar-refractivity contribution in [3.05, 3.63) is 114 Å². The first-order chi connectivity index (χ1) is 15.6. The van der Waals surface area contributed by atoms with Crippen LogP contribution in [0.4, 0.5) is 5.69 Å². The molecule has 5 nitrogen and oxygen atoms in total. The molecule has 4 aromatic rings. The van der Waals surface area contributed by atoms with Gasteiger partial charge in [0.2, 0.25) is 6.79 Å². The Morgan fingerprint density at radius 3 is 1.72 bits per heavy atom. The van der Waals surface area contributed by atoms with Crippen LogP contribution < -0.4 is 4.74 Å². The van der Waals surface area contributed by atoms with E-state index >= 15 is 0 Å². The van der Waals surface area contributed by atoms with Gasteiger partial charge in [0.15, 0.2) is 5.69 Å². The molecular weight excluding hydrogens is 402 g/mol. The number of hydrogen-bond donors (Lipinski definition) is 1. The quantitative estimate of drug-likeness (QED) is 0.220. The molecule has 0 radical (unpaired) electrons. The van der Waals surface area contributed by atoms with E-state index in [0.29, 0.717) is 17.0 Å². The summed E-state index contributed by atoms with van der Waals surface area (Å²) in [5, 5.41) is 9.39. The number of phenols is 1. The van der Waals surface area contributed by atoms with Crippen LogP contribution in [0.1, 0.15) is 10.4 Å². The van der Waals surface area contributed by atoms with E-state index < -0.39 is 5.97 Å². The van der Waals surface area contributed by atoms with Crippen LogP contribution in [0.25, 0.3) is 27.1 Å². The second-order valence-corrected chi connectivity index (χ2v) is 7.00. The third-order valence-electron chi connectivity index (χ3n) is 4.92. The SMILES string of the molecule is [C-]#[N+]c1ccc(-c2ccc(OCOC(=O)c3ccc(-c4ccc(O)cc4)cc3)cc2)cc1. The second-order valence-electron chi connectivity index (χ2n) is 7.00. The van der Waals surface area contributed by atoms with Gasteiger partial charge >= 0.3 is 5.97 Å². The number of hydrogen-bond acceptors (Lipinski definition) is 4. The number of carbonyl (C=O) groups is 1. The topological polar surface area (TPSA) is 60.1 Å². The van der Waals surface area contributed by atoms with Crippen LogP contribution in [0.3, 0.4) is 0 Å². The molecule has 0 unspecified atom stereocenters. The summed E-state index contributed by atoms with van der Waals surface area (Å²) in [7, 11) is 0. The Morgan fingerprint density at radius 2 is 1.19 bits per heavy atom. The maximum absolute atomic E-state index is 12.3. The van der Waals surface area contributed by atoms with E-state index in [4.69, 9.17) is 16.0 Å². The van der Waals surface area contributed by atoms with Gasteiger partial charge in [-0.1, -0.05) is 60.7 Å². The third kappa shape index (κ3) is 4.94. The van der Waals surface area contributed by atoms with E-state index in [2.05, 4.69) is 4.85 Å². The number of aromatic hydroxyl groups is 1. The standard InChI is InChI=1S/C27H19NO4/c1-28-24-12-6-20(7-13-24)22-10-16-26(17-11-22)31-18-32-27(30)23-4-2-19(3-5-23)21-8-14-25(29)15-9-21/h2-17,29H,18H2. The number of carbonyl (C=O) groups excluding carboxylic acids is 1. The van der Waals surface area contributed by atoms with E-state index in [1.54, 1.807) is 48.5 Å². The minimum Gasteiger partial charge on any atom is -0.508 e. The summed E-state index contributed by atoms with van der Waals surface area (Å²) in [6.07, 6.45) is 0. The molecule has 0 aliphatic rings. The molecule has 0 saturated heterocycles. The molecule has 0 saturated carbocycles. The normalized spacial score (nSPS) is 10.2. The molecule has 0 aliphatic carbocycles. The molecule has 156 valence electrons. The number of nitrogens with zero attached hydrogens (tertiary/aromatic N) is 1. The molecule has 0 atom stereocenters. The molecule has 0 fully saturated rings. The molecule has 0 aliphatic heterocycles. The average molecular weight is 421 g/mol. The van der Waals surface area contributed by atoms with Crippen LogP contribution in [0.2, 0.25) is 0 Å². The van der Waals surface area contributed by atoms with Gasteiger partial charge in [0, 0.05) is 0 Å². The van der Waals surface area contributed by atoms with E-state index in [-0.39, 0.29) is 12.5 Å². The molecule has 32 heavy (non-hydrogen) atoms. The van der Waals surface area contributed by atoms with Gasteiger partial charge in [-0.2, -0.15) is 0 Å². The maximum atomic E-state index is 12.3. The fraction of sp³-hybridized carbons (Fsp3) is 0.0370. The third-order valence-corrected chi connectivity index (χ3v) is 4.92. The van der Waals surface area contributed by atoms with Gasteiger partial charge in [0.05, 0.1) is 12.1 Å². The Labute approximate surface area is 185 Å². The highest BCUT2D eigenvalue weighted by atomic mass is 16.7. The van der Waals surface area contributed by atoms with Gasteiger partial charge in [-0.3, -0.25) is 0 Å². The van der Waals surface area contributed by atoms with Gasteiger partial charge < -0.3 is 14.6 Å². The molecule has 0 spiro atoms. The predicted octanol–water partition coefficient (Wildman–Crippen LogP) is 6.47. The monoisotopic (exact) mass is 421 g/mol. The number of phenolic OH excluding ortho intramolecular Hbond substituents is 1. The van der Waals surface area contributed by atoms with Crippen LogP contribution in [-0.2, 0) is 4.74 Å². The highest BCUT2D eigenvalue weighted by molar-refractivity contribution is 5.90. The minimum absolute atomic E-state index is 0.197. The highest BCUT2D eigenvalue weighted by Crippen LogP contribution is 2.25. The van der Waals surface area contributed by atoms with Crippen molar-refractivity contribution in [1.29, 1.82) is 0 Å². The fourth-order valence-corrected chi connectivity index (χ4v) is 3.16. The van der Waals surface area contributed by atoms with Crippen molar-refractivity contribution in [2.24, 2.45) is 0 Å². The lowest BCUT2D eigenvalue weighted by Gasteiger charge is -2.09. The Kier molecular flexibility index (Phi) is 6.15. The van der Waals surface area contributed by atoms with Crippen molar-refractivity contribution in [2.75, 3.05) is 6.79 Å². The van der Waals surface area contributed by atoms with Gasteiger partial charge in [-0.15, -0.1) is 0 Å². The summed E-state index contributed by atoms with van der Waals surface area (Å²) in [6, 6.07) is 28.7. The molecule has 0 heterocycles. The minimum atomic E-state index is -0.473. The largest absolute Gasteiger partial charge is 0.508 e. The molecule has 4 rings (SSSR count). The van der Waals surface area contributed by atoms with Crippen LogP contribution in [0, 0.1) is 6.57 Å². The Balaban J connectivity index is 1.30. The van der Waals surface area contributed by atoms with Crippen molar-refractivity contribution in [1.82, 2.24) is 0 Å². The van der Waals surface area contributed by atoms with Crippen LogP contribution >= 0.6 is 0 Å². The smallest absolute Gasteiger partial charge is 0.340 e. The lowest BCUT2D eigenvalue weighted by molar-refractivity contribution is 0.0154. The zero-order valence-electron chi connectivity index (χ0n) is 17.1. The lowest BCUT2D eigenvalue weighted by Crippen LogP contribution is -2.10. The summed E-state index contributed by atoms with van der Waals surface area (Å²) in [4.78, 5) is 15.7. The zero-order valence-corrected chi connectivity index (χ0v) is 17.1. The van der Waals surface area contributed by atoms with E-state index in [9.17, 15) is 9.90 Å². The summed E-state index contributed by atoms with van der Waals surface area (Å²) in [6.45, 7) is 6.82. The summed E-state index contributed by atoms with van der Waals surface area (Å²) in [5.41, 5.74) is 4.91. The van der Waals surface area contributed by atoms with Crippen molar-refractivity contribution in [3.8, 4) is 33.8 Å². The van der Waals surface area contributed by atoms with E-state index in [1.165, 1.54) is 0 Å². The number of esters is 1. The van der Waals surface area contributed by atoms with Crippen LogP contribution in [0.15, 0.2) is 97.1 Å². The molecule has 0 aromatic heterocycles. The molecule has 0 amide bonds. The number of ether oxygens (including phenoxy) is 2. The maximum Gasteiger partial charge on any atom is 0.340 e. The average Bonchev–Trinajstić information content (AvgIpc) is 2.85. The van der Waals surface area contributed by atoms with E-state index in [0.717, 1.165) is 22.3 Å². The fourth-order valence-electron chi connectivity index (χ4n) is 3.16. The molecule has 4 aromatic carbocycles. The Morgan fingerprint density at radius 1 is 0.719 bits per heavy atom. The van der Waals surface area contributed by atoms with Crippen molar-refractivity contribution >= 4 is 11.7 Å². The van der Waals surface area contributed by atoms with Crippen molar-refractivity contribution in [2.45, 2.75) is 0 Å². The number of rotatable bonds is 6. The first-order valence-corrected chi connectivity index (χ1v) is 9.90. The lowest BCUT2D eigenvalue weighted by atomic mass is 10.0. The highest BCUT2D eigenvalue weighted by Gasteiger charge is 2.08. The molecular formula is C27H19NO4. The zero-order chi connectivity index (χ0) is 22.3.